The van der Waals surface area contributed by atoms with E-state index in [9.17, 15) is 4.79 Å². The van der Waals surface area contributed by atoms with Crippen LogP contribution in [0.1, 0.15) is 6.42 Å². The van der Waals surface area contributed by atoms with Crippen LogP contribution in [-0.2, 0) is 4.79 Å². The lowest BCUT2D eigenvalue weighted by Gasteiger charge is -2.23. The molecule has 0 spiro atoms. The average molecular weight is 234 g/mol. The first-order valence-corrected chi connectivity index (χ1v) is 6.24. The molecule has 0 radical (unpaired) electrons. The van der Waals surface area contributed by atoms with E-state index in [1.54, 1.807) is 0 Å². The van der Waals surface area contributed by atoms with Crippen LogP contribution in [0.15, 0.2) is 0 Å². The Bertz CT molecular complexity index is 194. The summed E-state index contributed by atoms with van der Waals surface area (Å²) in [5, 5.41) is 23.4. The maximum absolute atomic E-state index is 11.5. The van der Waals surface area contributed by atoms with Crippen molar-refractivity contribution >= 4 is 17.7 Å². The van der Waals surface area contributed by atoms with E-state index in [2.05, 4.69) is 10.6 Å². The molecular weight excluding hydrogens is 216 g/mol. The maximum Gasteiger partial charge on any atom is 0.221 e. The van der Waals surface area contributed by atoms with Crippen LogP contribution in [0.4, 0.5) is 0 Å². The van der Waals surface area contributed by atoms with Gasteiger partial charge in [-0.3, -0.25) is 4.79 Å². The van der Waals surface area contributed by atoms with Crippen molar-refractivity contribution in [3.8, 4) is 0 Å². The second-order valence-corrected chi connectivity index (χ2v) is 4.71. The molecule has 5 nitrogen and oxygen atoms in total. The number of aliphatic hydroxyl groups excluding tert-OH is 2. The molecule has 0 aromatic carbocycles. The van der Waals surface area contributed by atoms with Gasteiger partial charge in [0.05, 0.1) is 19.3 Å². The highest BCUT2D eigenvalue weighted by Gasteiger charge is 2.18. The number of thioether (sulfide) groups is 1. The van der Waals surface area contributed by atoms with Gasteiger partial charge in [-0.05, 0) is 0 Å². The predicted molar refractivity (Wildman–Crippen MR) is 59.8 cm³/mol. The van der Waals surface area contributed by atoms with Gasteiger partial charge in [-0.15, -0.1) is 0 Å². The van der Waals surface area contributed by atoms with Gasteiger partial charge in [0, 0.05) is 30.5 Å². The van der Waals surface area contributed by atoms with Crippen LogP contribution in [0.3, 0.4) is 0 Å². The highest BCUT2D eigenvalue weighted by Crippen LogP contribution is 2.09. The molecule has 0 aromatic rings. The molecule has 0 saturated carbocycles. The molecule has 0 bridgehead atoms. The molecule has 0 aromatic heterocycles. The number of carbonyl (C=O) groups excluding carboxylic acids is 1. The Morgan fingerprint density at radius 1 is 1.53 bits per heavy atom. The fraction of sp³-hybridized carbons (Fsp3) is 0.889. The topological polar surface area (TPSA) is 81.6 Å². The first-order valence-electron chi connectivity index (χ1n) is 5.08. The number of hydrogen-bond donors (Lipinski definition) is 4. The van der Waals surface area contributed by atoms with Crippen molar-refractivity contribution in [1.82, 2.24) is 10.6 Å². The molecule has 1 unspecified atom stereocenters. The first kappa shape index (κ1) is 12.8. The Kier molecular flexibility index (Phi) is 6.00. The Morgan fingerprint density at radius 3 is 2.80 bits per heavy atom. The zero-order valence-electron chi connectivity index (χ0n) is 8.61. The minimum atomic E-state index is -0.534. The Hall–Kier alpha value is -0.300. The molecule has 1 rings (SSSR count). The van der Waals surface area contributed by atoms with Crippen molar-refractivity contribution in [3.63, 3.8) is 0 Å². The van der Waals surface area contributed by atoms with Gasteiger partial charge in [0.15, 0.2) is 0 Å². The fourth-order valence-corrected chi connectivity index (χ4v) is 2.36. The number of rotatable bonds is 5. The Morgan fingerprint density at radius 2 is 2.27 bits per heavy atom. The van der Waals surface area contributed by atoms with E-state index in [0.29, 0.717) is 6.42 Å². The summed E-state index contributed by atoms with van der Waals surface area (Å²) in [6, 6.07) is -0.324. The van der Waals surface area contributed by atoms with Crippen LogP contribution in [0.25, 0.3) is 0 Å². The smallest absolute Gasteiger partial charge is 0.221 e. The van der Waals surface area contributed by atoms with Gasteiger partial charge >= 0.3 is 0 Å². The van der Waals surface area contributed by atoms with Crippen LogP contribution in [0.2, 0.25) is 0 Å². The molecule has 1 atom stereocenters. The normalized spacial score (nSPS) is 21.7. The molecule has 1 saturated heterocycles. The molecule has 0 aliphatic carbocycles. The Labute approximate surface area is 93.6 Å². The molecule has 1 aliphatic rings. The largest absolute Gasteiger partial charge is 0.394 e. The number of aliphatic hydroxyl groups is 2. The van der Waals surface area contributed by atoms with E-state index in [4.69, 9.17) is 10.2 Å². The second-order valence-electron chi connectivity index (χ2n) is 3.56. The van der Waals surface area contributed by atoms with Crippen molar-refractivity contribution in [1.29, 1.82) is 0 Å². The van der Waals surface area contributed by atoms with Gasteiger partial charge < -0.3 is 20.8 Å². The van der Waals surface area contributed by atoms with Gasteiger partial charge in [0.1, 0.15) is 0 Å². The van der Waals surface area contributed by atoms with Gasteiger partial charge in [-0.1, -0.05) is 0 Å². The quantitative estimate of drug-likeness (QED) is 0.468. The first-order chi connectivity index (χ1) is 7.26. The summed E-state index contributed by atoms with van der Waals surface area (Å²) < 4.78 is 0. The minimum Gasteiger partial charge on any atom is -0.394 e. The minimum absolute atomic E-state index is 0.122. The number of amides is 1. The lowest BCUT2D eigenvalue weighted by atomic mass is 10.2. The highest BCUT2D eigenvalue weighted by atomic mass is 32.2. The number of hydrogen-bond acceptors (Lipinski definition) is 5. The molecule has 1 fully saturated rings. The van der Waals surface area contributed by atoms with Crippen molar-refractivity contribution in [3.05, 3.63) is 0 Å². The van der Waals surface area contributed by atoms with Crippen LogP contribution in [0, 0.1) is 0 Å². The zero-order chi connectivity index (χ0) is 11.1. The molecule has 15 heavy (non-hydrogen) atoms. The summed E-state index contributed by atoms with van der Waals surface area (Å²) >= 11 is 1.83. The van der Waals surface area contributed by atoms with Gasteiger partial charge in [0.25, 0.3) is 0 Å². The number of nitrogens with one attached hydrogen (secondary N) is 2. The second kappa shape index (κ2) is 7.05. The van der Waals surface area contributed by atoms with E-state index in [-0.39, 0.29) is 25.2 Å². The van der Waals surface area contributed by atoms with Crippen LogP contribution < -0.4 is 10.6 Å². The van der Waals surface area contributed by atoms with Gasteiger partial charge in [-0.25, -0.2) is 0 Å². The molecule has 1 aliphatic heterocycles. The zero-order valence-corrected chi connectivity index (χ0v) is 9.42. The van der Waals surface area contributed by atoms with Gasteiger partial charge in [-0.2, -0.15) is 11.8 Å². The average Bonchev–Trinajstić information content (AvgIpc) is 2.27. The summed E-state index contributed by atoms with van der Waals surface area (Å²) in [7, 11) is 0. The van der Waals surface area contributed by atoms with E-state index in [1.165, 1.54) is 0 Å². The molecule has 1 heterocycles. The summed E-state index contributed by atoms with van der Waals surface area (Å²) in [5.41, 5.74) is 0. The number of carbonyl (C=O) groups is 1. The van der Waals surface area contributed by atoms with E-state index >= 15 is 0 Å². The van der Waals surface area contributed by atoms with Crippen molar-refractivity contribution in [2.75, 3.05) is 31.3 Å². The van der Waals surface area contributed by atoms with E-state index < -0.39 is 6.04 Å². The maximum atomic E-state index is 11.5. The summed E-state index contributed by atoms with van der Waals surface area (Å²) in [6.07, 6.45) is 0.406. The van der Waals surface area contributed by atoms with Crippen LogP contribution >= 0.6 is 11.8 Å². The third kappa shape index (κ3) is 4.83. The monoisotopic (exact) mass is 234 g/mol. The lowest BCUT2D eigenvalue weighted by molar-refractivity contribution is -0.122. The lowest BCUT2D eigenvalue weighted by Crippen LogP contribution is -2.45. The van der Waals surface area contributed by atoms with E-state index in [0.717, 1.165) is 18.1 Å². The Balaban J connectivity index is 2.21. The predicted octanol–water partition coefficient (Wildman–Crippen LogP) is -1.45. The van der Waals surface area contributed by atoms with Crippen molar-refractivity contribution in [2.24, 2.45) is 0 Å². The third-order valence-corrected chi connectivity index (χ3v) is 3.37. The summed E-state index contributed by atoms with van der Waals surface area (Å²) in [6.45, 7) is 0.482. The van der Waals surface area contributed by atoms with Gasteiger partial charge in [0.2, 0.25) is 5.91 Å². The molecule has 6 heteroatoms. The van der Waals surface area contributed by atoms with Crippen LogP contribution in [-0.4, -0.2) is 59.5 Å². The van der Waals surface area contributed by atoms with Crippen molar-refractivity contribution in [2.45, 2.75) is 18.5 Å². The van der Waals surface area contributed by atoms with E-state index in [1.807, 2.05) is 11.8 Å². The molecular formula is C9H18N2O3S. The third-order valence-electron chi connectivity index (χ3n) is 2.24. The van der Waals surface area contributed by atoms with Crippen molar-refractivity contribution < 1.29 is 15.0 Å². The van der Waals surface area contributed by atoms with Crippen LogP contribution in [0.5, 0.6) is 0 Å². The fourth-order valence-electron chi connectivity index (χ4n) is 1.41. The molecule has 1 amide bonds. The molecule has 88 valence electrons. The SMILES string of the molecule is O=C(CC1CSCCN1)NC(CO)CO. The standard InChI is InChI=1S/C9H18N2O3S/c12-4-8(5-13)11-9(14)3-7-6-15-2-1-10-7/h7-8,10,12-13H,1-6H2,(H,11,14). The summed E-state index contributed by atoms with van der Waals surface area (Å²) in [5.74, 6) is 1.91. The summed E-state index contributed by atoms with van der Waals surface area (Å²) in [4.78, 5) is 11.5. The molecule has 4 N–H and O–H groups in total. The highest BCUT2D eigenvalue weighted by molar-refractivity contribution is 7.99.